The molecule has 1 N–H and O–H groups in total. The number of aliphatic hydroxyl groups is 1. The third-order valence-corrected chi connectivity index (χ3v) is 4.67. The van der Waals surface area contributed by atoms with E-state index in [1.165, 1.54) is 5.56 Å². The lowest BCUT2D eigenvalue weighted by Crippen LogP contribution is -2.45. The van der Waals surface area contributed by atoms with Crippen molar-refractivity contribution in [1.82, 2.24) is 9.55 Å². The average molecular weight is 286 g/mol. The minimum atomic E-state index is -0.454. The summed E-state index contributed by atoms with van der Waals surface area (Å²) in [6.07, 6.45) is 5.51. The van der Waals surface area contributed by atoms with Crippen LogP contribution in [0.2, 0.25) is 0 Å². The summed E-state index contributed by atoms with van der Waals surface area (Å²) in [7, 11) is 1.97. The first-order chi connectivity index (χ1) is 10.2. The zero-order valence-corrected chi connectivity index (χ0v) is 12.4. The zero-order valence-electron chi connectivity index (χ0n) is 12.4. The number of ether oxygens (including phenoxy) is 1. The number of hydrogen-bond donors (Lipinski definition) is 1. The third-order valence-electron chi connectivity index (χ3n) is 4.67. The summed E-state index contributed by atoms with van der Waals surface area (Å²) in [5.74, 6) is 0.921. The molecule has 1 atom stereocenters. The number of benzene rings is 1. The minimum absolute atomic E-state index is 0.231. The number of aryl methyl sites for hydroxylation is 1. The van der Waals surface area contributed by atoms with Gasteiger partial charge in [-0.2, -0.15) is 0 Å². The summed E-state index contributed by atoms with van der Waals surface area (Å²) in [5.41, 5.74) is 0.973. The maximum atomic E-state index is 11.0. The molecule has 1 aromatic heterocycles. The molecule has 1 unspecified atom stereocenters. The second-order valence-corrected chi connectivity index (χ2v) is 5.81. The number of aliphatic hydroxyl groups excluding tert-OH is 1. The highest BCUT2D eigenvalue weighted by Gasteiger charge is 2.41. The molecule has 1 fully saturated rings. The van der Waals surface area contributed by atoms with Gasteiger partial charge in [-0.15, -0.1) is 0 Å². The Bertz CT molecular complexity index is 573. The first kappa shape index (κ1) is 14.3. The highest BCUT2D eigenvalue weighted by molar-refractivity contribution is 5.28. The molecule has 0 spiro atoms. The molecule has 0 radical (unpaired) electrons. The maximum absolute atomic E-state index is 11.0. The second-order valence-electron chi connectivity index (χ2n) is 5.81. The van der Waals surface area contributed by atoms with Gasteiger partial charge in [0.1, 0.15) is 5.82 Å². The molecule has 2 heterocycles. The highest BCUT2D eigenvalue weighted by atomic mass is 16.5. The van der Waals surface area contributed by atoms with Crippen LogP contribution >= 0.6 is 0 Å². The van der Waals surface area contributed by atoms with Crippen LogP contribution in [0.4, 0.5) is 0 Å². The van der Waals surface area contributed by atoms with E-state index < -0.39 is 6.10 Å². The first-order valence-electron chi connectivity index (χ1n) is 7.50. The van der Waals surface area contributed by atoms with E-state index in [-0.39, 0.29) is 5.41 Å². The van der Waals surface area contributed by atoms with E-state index in [2.05, 4.69) is 17.1 Å². The smallest absolute Gasteiger partial charge is 0.110 e. The Kier molecular flexibility index (Phi) is 4.08. The summed E-state index contributed by atoms with van der Waals surface area (Å²) in [4.78, 5) is 4.35. The Hall–Kier alpha value is -1.65. The minimum Gasteiger partial charge on any atom is -0.392 e. The summed E-state index contributed by atoms with van der Waals surface area (Å²) in [5, 5.41) is 11.0. The fourth-order valence-electron chi connectivity index (χ4n) is 3.28. The number of nitrogens with zero attached hydrogens (tertiary/aromatic N) is 2. The van der Waals surface area contributed by atoms with Crippen molar-refractivity contribution in [3.63, 3.8) is 0 Å². The van der Waals surface area contributed by atoms with Gasteiger partial charge in [0.15, 0.2) is 0 Å². The molecule has 4 nitrogen and oxygen atoms in total. The van der Waals surface area contributed by atoms with Crippen LogP contribution in [0.5, 0.6) is 0 Å². The van der Waals surface area contributed by atoms with Crippen molar-refractivity contribution in [2.24, 2.45) is 7.05 Å². The van der Waals surface area contributed by atoms with Crippen LogP contribution in [0, 0.1) is 0 Å². The van der Waals surface area contributed by atoms with Gasteiger partial charge < -0.3 is 14.4 Å². The molecule has 1 saturated heterocycles. The maximum Gasteiger partial charge on any atom is 0.110 e. The van der Waals surface area contributed by atoms with Crippen LogP contribution in [0.1, 0.15) is 24.2 Å². The van der Waals surface area contributed by atoms with Crippen LogP contribution in [0.3, 0.4) is 0 Å². The molecular weight excluding hydrogens is 264 g/mol. The summed E-state index contributed by atoms with van der Waals surface area (Å²) in [6.45, 7) is 1.40. The largest absolute Gasteiger partial charge is 0.392 e. The van der Waals surface area contributed by atoms with Crippen LogP contribution in [0.15, 0.2) is 42.7 Å². The highest BCUT2D eigenvalue weighted by Crippen LogP contribution is 2.39. The van der Waals surface area contributed by atoms with Crippen molar-refractivity contribution in [3.05, 3.63) is 54.1 Å². The SMILES string of the molecule is Cn1ccnc1CC(O)C1(c2ccccc2)CCOCC1. The topological polar surface area (TPSA) is 47.3 Å². The van der Waals surface area contributed by atoms with Gasteiger partial charge in [-0.05, 0) is 18.4 Å². The Morgan fingerprint density at radius 1 is 1.29 bits per heavy atom. The number of rotatable bonds is 4. The zero-order chi connectivity index (χ0) is 14.7. The Balaban J connectivity index is 1.90. The summed E-state index contributed by atoms with van der Waals surface area (Å²) in [6, 6.07) is 10.3. The lowest BCUT2D eigenvalue weighted by Gasteiger charge is -2.41. The van der Waals surface area contributed by atoms with Crippen molar-refractivity contribution in [2.45, 2.75) is 30.8 Å². The Morgan fingerprint density at radius 3 is 2.62 bits per heavy atom. The van der Waals surface area contributed by atoms with Crippen LogP contribution in [0.25, 0.3) is 0 Å². The normalized spacial score (nSPS) is 19.3. The van der Waals surface area contributed by atoms with Gasteiger partial charge in [0.05, 0.1) is 6.10 Å². The van der Waals surface area contributed by atoms with E-state index in [1.807, 2.05) is 36.0 Å². The van der Waals surface area contributed by atoms with Crippen LogP contribution in [-0.4, -0.2) is 34.0 Å². The van der Waals surface area contributed by atoms with Gasteiger partial charge in [0, 0.05) is 44.5 Å². The Labute approximate surface area is 125 Å². The van der Waals surface area contributed by atoms with E-state index in [1.54, 1.807) is 6.20 Å². The molecule has 1 aliphatic heterocycles. The second kappa shape index (κ2) is 6.00. The van der Waals surface area contributed by atoms with Gasteiger partial charge in [-0.3, -0.25) is 0 Å². The van der Waals surface area contributed by atoms with Crippen molar-refractivity contribution in [1.29, 1.82) is 0 Å². The first-order valence-corrected chi connectivity index (χ1v) is 7.50. The molecule has 0 aliphatic carbocycles. The van der Waals surface area contributed by atoms with Crippen molar-refractivity contribution < 1.29 is 9.84 Å². The van der Waals surface area contributed by atoms with Crippen LogP contribution < -0.4 is 0 Å². The van der Waals surface area contributed by atoms with Gasteiger partial charge in [-0.1, -0.05) is 30.3 Å². The average Bonchev–Trinajstić information content (AvgIpc) is 2.94. The molecule has 1 aliphatic rings. The van der Waals surface area contributed by atoms with E-state index in [9.17, 15) is 5.11 Å². The van der Waals surface area contributed by atoms with E-state index in [0.29, 0.717) is 19.6 Å². The third kappa shape index (κ3) is 2.74. The van der Waals surface area contributed by atoms with Gasteiger partial charge >= 0.3 is 0 Å². The van der Waals surface area contributed by atoms with Crippen LogP contribution in [-0.2, 0) is 23.6 Å². The van der Waals surface area contributed by atoms with E-state index >= 15 is 0 Å². The summed E-state index contributed by atoms with van der Waals surface area (Å²) >= 11 is 0. The molecule has 4 heteroatoms. The molecule has 0 saturated carbocycles. The predicted molar refractivity (Wildman–Crippen MR) is 81.1 cm³/mol. The molecule has 3 rings (SSSR count). The lowest BCUT2D eigenvalue weighted by atomic mass is 9.69. The molecular formula is C17H22N2O2. The van der Waals surface area contributed by atoms with E-state index in [0.717, 1.165) is 18.7 Å². The molecule has 0 bridgehead atoms. The van der Waals surface area contributed by atoms with Crippen molar-refractivity contribution in [2.75, 3.05) is 13.2 Å². The van der Waals surface area contributed by atoms with Gasteiger partial charge in [0.25, 0.3) is 0 Å². The number of hydrogen-bond acceptors (Lipinski definition) is 3. The standard InChI is InChI=1S/C17H22N2O2/c1-19-10-9-18-16(19)13-15(20)17(7-11-21-12-8-17)14-5-3-2-4-6-14/h2-6,9-10,15,20H,7-8,11-13H2,1H3. The molecule has 0 amide bonds. The molecule has 2 aromatic rings. The lowest BCUT2D eigenvalue weighted by molar-refractivity contribution is -0.0163. The predicted octanol–water partition coefficient (Wildman–Crippen LogP) is 2.07. The number of aromatic nitrogens is 2. The Morgan fingerprint density at radius 2 is 2.00 bits per heavy atom. The quantitative estimate of drug-likeness (QED) is 0.936. The van der Waals surface area contributed by atoms with E-state index in [4.69, 9.17) is 4.74 Å². The molecule has 112 valence electrons. The van der Waals surface area contributed by atoms with Crippen molar-refractivity contribution >= 4 is 0 Å². The fourth-order valence-corrected chi connectivity index (χ4v) is 3.28. The molecule has 1 aromatic carbocycles. The van der Waals surface area contributed by atoms with Gasteiger partial charge in [0.2, 0.25) is 0 Å². The molecule has 21 heavy (non-hydrogen) atoms. The summed E-state index contributed by atoms with van der Waals surface area (Å²) < 4.78 is 7.50. The monoisotopic (exact) mass is 286 g/mol. The van der Waals surface area contributed by atoms with Crippen molar-refractivity contribution in [3.8, 4) is 0 Å². The van der Waals surface area contributed by atoms with Gasteiger partial charge in [-0.25, -0.2) is 4.98 Å². The fraction of sp³-hybridized carbons (Fsp3) is 0.471. The number of imidazole rings is 1.